The van der Waals surface area contributed by atoms with Gasteiger partial charge in [0.25, 0.3) is 0 Å². The smallest absolute Gasteiger partial charge is 0.355 e. The van der Waals surface area contributed by atoms with Gasteiger partial charge in [-0.25, -0.2) is 9.13 Å². The molecule has 3 aromatic rings. The van der Waals surface area contributed by atoms with Crippen molar-refractivity contribution in [3.63, 3.8) is 0 Å². The third-order valence-corrected chi connectivity index (χ3v) is 4.62. The van der Waals surface area contributed by atoms with Gasteiger partial charge < -0.3 is 4.74 Å². The SMILES string of the molecule is COc1ccc(-c2c[n+](CC(=O)c3cccc(Br)c3)c(N)n2C)cc1. The van der Waals surface area contributed by atoms with E-state index in [-0.39, 0.29) is 12.3 Å². The van der Waals surface area contributed by atoms with Crippen LogP contribution in [-0.4, -0.2) is 17.5 Å². The van der Waals surface area contributed by atoms with Crippen LogP contribution in [0.1, 0.15) is 10.4 Å². The molecule has 1 aromatic heterocycles. The standard InChI is InChI=1S/C19H18BrN3O2/c1-22-17(13-6-8-16(25-2)9-7-13)11-23(19(22)21)12-18(24)14-4-3-5-15(20)10-14/h3-11,21H,12H2,1-2H3/p+1. The number of ether oxygens (including phenoxy) is 1. The van der Waals surface area contributed by atoms with Crippen molar-refractivity contribution in [3.8, 4) is 17.0 Å². The highest BCUT2D eigenvalue weighted by Crippen LogP contribution is 2.23. The first-order valence-corrected chi connectivity index (χ1v) is 8.56. The molecular formula is C19H19BrN3O2+. The maximum atomic E-state index is 12.5. The Morgan fingerprint density at radius 3 is 2.60 bits per heavy atom. The van der Waals surface area contributed by atoms with Crippen molar-refractivity contribution in [2.45, 2.75) is 6.54 Å². The molecule has 0 atom stereocenters. The average Bonchev–Trinajstić information content (AvgIpc) is 2.90. The number of methoxy groups -OCH3 is 1. The van der Waals surface area contributed by atoms with Crippen LogP contribution in [0.3, 0.4) is 0 Å². The maximum Gasteiger partial charge on any atom is 0.355 e. The highest BCUT2D eigenvalue weighted by atomic mass is 79.9. The van der Waals surface area contributed by atoms with Gasteiger partial charge >= 0.3 is 5.95 Å². The highest BCUT2D eigenvalue weighted by molar-refractivity contribution is 9.10. The van der Waals surface area contributed by atoms with Crippen LogP contribution in [-0.2, 0) is 13.6 Å². The number of anilines is 1. The van der Waals surface area contributed by atoms with Crippen LogP contribution in [0.15, 0.2) is 59.2 Å². The number of hydrogen-bond donors (Lipinski definition) is 1. The summed E-state index contributed by atoms with van der Waals surface area (Å²) in [5.41, 5.74) is 8.78. The quantitative estimate of drug-likeness (QED) is 0.528. The number of carbonyl (C=O) groups is 1. The van der Waals surface area contributed by atoms with Crippen molar-refractivity contribution < 1.29 is 14.1 Å². The van der Waals surface area contributed by atoms with Crippen LogP contribution in [0.5, 0.6) is 5.75 Å². The van der Waals surface area contributed by atoms with Crippen molar-refractivity contribution in [1.29, 1.82) is 0 Å². The van der Waals surface area contributed by atoms with E-state index in [1.54, 1.807) is 17.7 Å². The minimum absolute atomic E-state index is 0.00452. The molecule has 0 aliphatic carbocycles. The number of ketones is 1. The van der Waals surface area contributed by atoms with E-state index < -0.39 is 0 Å². The molecule has 2 aromatic carbocycles. The maximum absolute atomic E-state index is 12.5. The summed E-state index contributed by atoms with van der Waals surface area (Å²) in [5.74, 6) is 1.32. The molecule has 128 valence electrons. The van der Waals surface area contributed by atoms with Crippen molar-refractivity contribution in [1.82, 2.24) is 4.57 Å². The van der Waals surface area contributed by atoms with Gasteiger partial charge in [-0.2, -0.15) is 0 Å². The molecule has 0 saturated heterocycles. The molecule has 0 unspecified atom stereocenters. The van der Waals surface area contributed by atoms with Crippen LogP contribution < -0.4 is 15.0 Å². The van der Waals surface area contributed by atoms with E-state index in [1.165, 1.54) is 0 Å². The molecule has 0 radical (unpaired) electrons. The van der Waals surface area contributed by atoms with E-state index in [1.807, 2.05) is 60.3 Å². The van der Waals surface area contributed by atoms with Gasteiger partial charge in [0, 0.05) is 15.6 Å². The zero-order chi connectivity index (χ0) is 18.0. The van der Waals surface area contributed by atoms with Gasteiger partial charge in [-0.15, -0.1) is 0 Å². The van der Waals surface area contributed by atoms with Crippen LogP contribution in [0.25, 0.3) is 11.3 Å². The molecule has 0 amide bonds. The van der Waals surface area contributed by atoms with E-state index in [2.05, 4.69) is 15.9 Å². The van der Waals surface area contributed by atoms with Gasteiger partial charge in [-0.1, -0.05) is 28.1 Å². The molecule has 0 fully saturated rings. The lowest BCUT2D eigenvalue weighted by molar-refractivity contribution is -0.667. The minimum atomic E-state index is 0.00452. The van der Waals surface area contributed by atoms with Crippen LogP contribution in [0.4, 0.5) is 5.95 Å². The van der Waals surface area contributed by atoms with Gasteiger partial charge in [0.1, 0.15) is 24.2 Å². The predicted octanol–water partition coefficient (Wildman–Crippen LogP) is 3.22. The third-order valence-electron chi connectivity index (χ3n) is 4.12. The van der Waals surface area contributed by atoms with Gasteiger partial charge in [0.15, 0.2) is 5.78 Å². The Hall–Kier alpha value is -2.60. The zero-order valence-electron chi connectivity index (χ0n) is 14.1. The fourth-order valence-corrected chi connectivity index (χ4v) is 3.08. The number of imidazole rings is 1. The summed E-state index contributed by atoms with van der Waals surface area (Å²) in [5, 5.41) is 0. The number of nitrogens with zero attached hydrogens (tertiary/aromatic N) is 2. The number of aromatic nitrogens is 2. The normalized spacial score (nSPS) is 10.7. The lowest BCUT2D eigenvalue weighted by Gasteiger charge is -2.01. The Morgan fingerprint density at radius 1 is 1.24 bits per heavy atom. The molecule has 2 N–H and O–H groups in total. The predicted molar refractivity (Wildman–Crippen MR) is 100 cm³/mol. The Kier molecular flexibility index (Phi) is 4.90. The van der Waals surface area contributed by atoms with Crippen LogP contribution >= 0.6 is 15.9 Å². The summed E-state index contributed by atoms with van der Waals surface area (Å²) < 4.78 is 9.71. The zero-order valence-corrected chi connectivity index (χ0v) is 15.7. The van der Waals surface area contributed by atoms with Crippen molar-refractivity contribution in [2.75, 3.05) is 12.8 Å². The van der Waals surface area contributed by atoms with Gasteiger partial charge in [-0.05, 0) is 36.4 Å². The second-order valence-electron chi connectivity index (χ2n) is 5.72. The largest absolute Gasteiger partial charge is 0.497 e. The molecule has 0 bridgehead atoms. The molecule has 0 aliphatic heterocycles. The summed E-state index contributed by atoms with van der Waals surface area (Å²) in [6, 6.07) is 15.1. The average molecular weight is 401 g/mol. The van der Waals surface area contributed by atoms with Crippen LogP contribution in [0, 0.1) is 0 Å². The first-order valence-electron chi connectivity index (χ1n) is 7.77. The van der Waals surface area contributed by atoms with E-state index in [0.717, 1.165) is 21.5 Å². The molecule has 5 nitrogen and oxygen atoms in total. The monoisotopic (exact) mass is 400 g/mol. The molecular weight excluding hydrogens is 382 g/mol. The van der Waals surface area contributed by atoms with E-state index >= 15 is 0 Å². The van der Waals surface area contributed by atoms with Gasteiger partial charge in [-0.3, -0.25) is 10.5 Å². The molecule has 1 heterocycles. The lowest BCUT2D eigenvalue weighted by atomic mass is 10.1. The molecule has 25 heavy (non-hydrogen) atoms. The van der Waals surface area contributed by atoms with Crippen molar-refractivity contribution in [3.05, 3.63) is 64.8 Å². The Bertz CT molecular complexity index is 917. The van der Waals surface area contributed by atoms with Gasteiger partial charge in [0.2, 0.25) is 0 Å². The fraction of sp³-hybridized carbons (Fsp3) is 0.158. The number of nitrogens with two attached hydrogens (primary N) is 1. The Balaban J connectivity index is 1.89. The Labute approximate surface area is 154 Å². The van der Waals surface area contributed by atoms with E-state index in [0.29, 0.717) is 11.5 Å². The lowest BCUT2D eigenvalue weighted by Crippen LogP contribution is -2.39. The minimum Gasteiger partial charge on any atom is -0.497 e. The molecule has 6 heteroatoms. The number of Topliss-reactive ketones (excluding diaryl/α,β-unsaturated/α-hetero) is 1. The van der Waals surface area contributed by atoms with Gasteiger partial charge in [0.05, 0.1) is 14.2 Å². The number of benzene rings is 2. The van der Waals surface area contributed by atoms with E-state index in [4.69, 9.17) is 10.5 Å². The second-order valence-corrected chi connectivity index (χ2v) is 6.64. The number of hydrogen-bond acceptors (Lipinski definition) is 3. The first-order chi connectivity index (χ1) is 12.0. The number of rotatable bonds is 5. The molecule has 0 spiro atoms. The summed E-state index contributed by atoms with van der Waals surface area (Å²) in [6.07, 6.45) is 1.90. The number of halogens is 1. The highest BCUT2D eigenvalue weighted by Gasteiger charge is 2.20. The Morgan fingerprint density at radius 2 is 1.96 bits per heavy atom. The topological polar surface area (TPSA) is 61.1 Å². The molecule has 3 rings (SSSR count). The third kappa shape index (κ3) is 3.58. The molecule has 0 aliphatic rings. The molecule has 0 saturated carbocycles. The number of nitrogen functional groups attached to an aromatic ring is 1. The summed E-state index contributed by atoms with van der Waals surface area (Å²) >= 11 is 3.39. The van der Waals surface area contributed by atoms with Crippen molar-refractivity contribution in [2.24, 2.45) is 7.05 Å². The first kappa shape index (κ1) is 17.2. The summed E-state index contributed by atoms with van der Waals surface area (Å²) in [4.78, 5) is 12.5. The summed E-state index contributed by atoms with van der Waals surface area (Å²) in [6.45, 7) is 0.187. The van der Waals surface area contributed by atoms with E-state index in [9.17, 15) is 4.79 Å². The fourth-order valence-electron chi connectivity index (χ4n) is 2.68. The summed E-state index contributed by atoms with van der Waals surface area (Å²) in [7, 11) is 3.52. The second kappa shape index (κ2) is 7.11. The van der Waals surface area contributed by atoms with Crippen molar-refractivity contribution >= 4 is 27.7 Å². The van der Waals surface area contributed by atoms with Crippen LogP contribution in [0.2, 0.25) is 0 Å². The number of carbonyl (C=O) groups excluding carboxylic acids is 1.